The molecule has 5 heteroatoms. The molecule has 2 N–H and O–H groups in total. The largest absolute Gasteiger partial charge is 0.396 e. The third-order valence-corrected chi connectivity index (χ3v) is 4.15. The second-order valence-corrected chi connectivity index (χ2v) is 5.97. The third-order valence-electron chi connectivity index (χ3n) is 4.15. The van der Waals surface area contributed by atoms with Gasteiger partial charge in [0, 0.05) is 31.8 Å². The molecule has 1 heterocycles. The molecule has 2 rings (SSSR count). The van der Waals surface area contributed by atoms with Crippen molar-refractivity contribution in [3.8, 4) is 0 Å². The Morgan fingerprint density at radius 2 is 2.05 bits per heavy atom. The SMILES string of the molecule is CC(CCCO)NC(C)c1ccc(N2CCOCC2)c(F)c1. The van der Waals surface area contributed by atoms with E-state index in [1.165, 1.54) is 0 Å². The first-order valence-corrected chi connectivity index (χ1v) is 8.11. The molecule has 0 saturated carbocycles. The van der Waals surface area contributed by atoms with Crippen LogP contribution in [0.3, 0.4) is 0 Å². The Labute approximate surface area is 132 Å². The molecular formula is C17H27FN2O2. The van der Waals surface area contributed by atoms with Crippen molar-refractivity contribution < 1.29 is 14.2 Å². The summed E-state index contributed by atoms with van der Waals surface area (Å²) in [5.74, 6) is -0.170. The minimum atomic E-state index is -0.170. The van der Waals surface area contributed by atoms with Crippen LogP contribution in [0.1, 0.15) is 38.3 Å². The maximum Gasteiger partial charge on any atom is 0.146 e. The van der Waals surface area contributed by atoms with Crippen LogP contribution >= 0.6 is 0 Å². The van der Waals surface area contributed by atoms with Gasteiger partial charge in [-0.1, -0.05) is 6.07 Å². The molecule has 0 bridgehead atoms. The number of aliphatic hydroxyl groups excluding tert-OH is 1. The molecule has 2 unspecified atom stereocenters. The van der Waals surface area contributed by atoms with Gasteiger partial charge in [-0.2, -0.15) is 0 Å². The highest BCUT2D eigenvalue weighted by Gasteiger charge is 2.17. The van der Waals surface area contributed by atoms with Gasteiger partial charge < -0.3 is 20.1 Å². The van der Waals surface area contributed by atoms with E-state index in [-0.39, 0.29) is 18.5 Å². The number of nitrogens with one attached hydrogen (secondary N) is 1. The van der Waals surface area contributed by atoms with E-state index < -0.39 is 0 Å². The van der Waals surface area contributed by atoms with E-state index in [9.17, 15) is 4.39 Å². The van der Waals surface area contributed by atoms with Crippen molar-refractivity contribution in [1.82, 2.24) is 5.32 Å². The van der Waals surface area contributed by atoms with Crippen molar-refractivity contribution in [2.75, 3.05) is 37.8 Å². The van der Waals surface area contributed by atoms with Gasteiger partial charge in [0.05, 0.1) is 18.9 Å². The number of hydrogen-bond donors (Lipinski definition) is 2. The zero-order chi connectivity index (χ0) is 15.9. The molecule has 124 valence electrons. The summed E-state index contributed by atoms with van der Waals surface area (Å²) in [6.07, 6.45) is 1.69. The van der Waals surface area contributed by atoms with Crippen LogP contribution in [0.2, 0.25) is 0 Å². The molecule has 0 spiro atoms. The van der Waals surface area contributed by atoms with Crippen molar-refractivity contribution in [3.05, 3.63) is 29.6 Å². The minimum absolute atomic E-state index is 0.0851. The number of ether oxygens (including phenoxy) is 1. The van der Waals surface area contributed by atoms with E-state index in [4.69, 9.17) is 9.84 Å². The molecule has 0 aliphatic carbocycles. The summed E-state index contributed by atoms with van der Waals surface area (Å²) in [4.78, 5) is 2.03. The van der Waals surface area contributed by atoms with Gasteiger partial charge in [-0.05, 0) is 44.4 Å². The minimum Gasteiger partial charge on any atom is -0.396 e. The standard InChI is InChI=1S/C17H27FN2O2/c1-13(4-3-9-21)19-14(2)15-5-6-17(16(18)12-15)20-7-10-22-11-8-20/h5-6,12-14,19,21H,3-4,7-11H2,1-2H3. The molecule has 0 amide bonds. The van der Waals surface area contributed by atoms with Crippen LogP contribution in [0.4, 0.5) is 10.1 Å². The lowest BCUT2D eigenvalue weighted by molar-refractivity contribution is 0.122. The topological polar surface area (TPSA) is 44.7 Å². The van der Waals surface area contributed by atoms with Gasteiger partial charge >= 0.3 is 0 Å². The molecule has 1 aromatic carbocycles. The highest BCUT2D eigenvalue weighted by atomic mass is 19.1. The van der Waals surface area contributed by atoms with E-state index in [2.05, 4.69) is 12.2 Å². The van der Waals surface area contributed by atoms with Crippen molar-refractivity contribution >= 4 is 5.69 Å². The first kappa shape index (κ1) is 17.2. The highest BCUT2D eigenvalue weighted by molar-refractivity contribution is 5.49. The molecule has 1 aliphatic rings. The van der Waals surface area contributed by atoms with Gasteiger partial charge in [-0.15, -0.1) is 0 Å². The highest BCUT2D eigenvalue weighted by Crippen LogP contribution is 2.24. The number of hydrogen-bond acceptors (Lipinski definition) is 4. The van der Waals surface area contributed by atoms with Crippen LogP contribution in [0.5, 0.6) is 0 Å². The number of aliphatic hydroxyl groups is 1. The fourth-order valence-corrected chi connectivity index (χ4v) is 2.86. The van der Waals surface area contributed by atoms with Crippen molar-refractivity contribution in [2.45, 2.75) is 38.8 Å². The van der Waals surface area contributed by atoms with Crippen molar-refractivity contribution in [2.24, 2.45) is 0 Å². The molecular weight excluding hydrogens is 283 g/mol. The molecule has 1 saturated heterocycles. The number of halogens is 1. The zero-order valence-corrected chi connectivity index (χ0v) is 13.5. The first-order valence-electron chi connectivity index (χ1n) is 8.11. The lowest BCUT2D eigenvalue weighted by atomic mass is 10.0. The van der Waals surface area contributed by atoms with Crippen LogP contribution in [-0.2, 0) is 4.74 Å². The Morgan fingerprint density at radius 1 is 1.32 bits per heavy atom. The Morgan fingerprint density at radius 3 is 2.68 bits per heavy atom. The van der Waals surface area contributed by atoms with Crippen molar-refractivity contribution in [1.29, 1.82) is 0 Å². The summed E-state index contributed by atoms with van der Waals surface area (Å²) in [6, 6.07) is 5.86. The fourth-order valence-electron chi connectivity index (χ4n) is 2.86. The average Bonchev–Trinajstić information content (AvgIpc) is 2.53. The van der Waals surface area contributed by atoms with E-state index >= 15 is 0 Å². The maximum absolute atomic E-state index is 14.4. The lowest BCUT2D eigenvalue weighted by Gasteiger charge is -2.29. The summed E-state index contributed by atoms with van der Waals surface area (Å²) in [5.41, 5.74) is 1.61. The molecule has 22 heavy (non-hydrogen) atoms. The van der Waals surface area contributed by atoms with E-state index in [0.29, 0.717) is 24.9 Å². The second-order valence-electron chi connectivity index (χ2n) is 5.97. The summed E-state index contributed by atoms with van der Waals surface area (Å²) >= 11 is 0. The molecule has 2 atom stereocenters. The van der Waals surface area contributed by atoms with Crippen LogP contribution in [0.15, 0.2) is 18.2 Å². The fraction of sp³-hybridized carbons (Fsp3) is 0.647. The predicted molar refractivity (Wildman–Crippen MR) is 86.8 cm³/mol. The Kier molecular flexibility index (Phi) is 6.61. The van der Waals surface area contributed by atoms with Crippen LogP contribution < -0.4 is 10.2 Å². The quantitative estimate of drug-likeness (QED) is 0.812. The number of benzene rings is 1. The molecule has 1 aliphatic heterocycles. The van der Waals surface area contributed by atoms with E-state index in [0.717, 1.165) is 31.5 Å². The van der Waals surface area contributed by atoms with Gasteiger partial charge in [-0.3, -0.25) is 0 Å². The third kappa shape index (κ3) is 4.66. The van der Waals surface area contributed by atoms with Crippen LogP contribution in [0, 0.1) is 5.82 Å². The average molecular weight is 310 g/mol. The van der Waals surface area contributed by atoms with Crippen molar-refractivity contribution in [3.63, 3.8) is 0 Å². The molecule has 0 radical (unpaired) electrons. The van der Waals surface area contributed by atoms with Gasteiger partial charge in [0.15, 0.2) is 0 Å². The zero-order valence-electron chi connectivity index (χ0n) is 13.5. The summed E-state index contributed by atoms with van der Waals surface area (Å²) in [6.45, 7) is 7.13. The van der Waals surface area contributed by atoms with Gasteiger partial charge in [0.1, 0.15) is 5.82 Å². The number of morpholine rings is 1. The number of rotatable bonds is 7. The van der Waals surface area contributed by atoms with Gasteiger partial charge in [-0.25, -0.2) is 4.39 Å². The summed E-state index contributed by atoms with van der Waals surface area (Å²) in [5, 5.41) is 12.3. The van der Waals surface area contributed by atoms with Crippen LogP contribution in [-0.4, -0.2) is 44.1 Å². The Bertz CT molecular complexity index is 464. The molecule has 4 nitrogen and oxygen atoms in total. The first-order chi connectivity index (χ1) is 10.6. The molecule has 1 aromatic rings. The van der Waals surface area contributed by atoms with E-state index in [1.807, 2.05) is 24.0 Å². The molecule has 1 fully saturated rings. The van der Waals surface area contributed by atoms with Crippen LogP contribution in [0.25, 0.3) is 0 Å². The van der Waals surface area contributed by atoms with Gasteiger partial charge in [0.25, 0.3) is 0 Å². The maximum atomic E-state index is 14.4. The van der Waals surface area contributed by atoms with E-state index in [1.54, 1.807) is 6.07 Å². The summed E-state index contributed by atoms with van der Waals surface area (Å²) in [7, 11) is 0. The summed E-state index contributed by atoms with van der Waals surface area (Å²) < 4.78 is 19.7. The monoisotopic (exact) mass is 310 g/mol. The number of nitrogens with zero attached hydrogens (tertiary/aromatic N) is 1. The normalized spacial score (nSPS) is 18.3. The smallest absolute Gasteiger partial charge is 0.146 e. The Hall–Kier alpha value is -1.17. The lowest BCUT2D eigenvalue weighted by Crippen LogP contribution is -2.36. The molecule has 0 aromatic heterocycles. The number of anilines is 1. The Balaban J connectivity index is 1.98. The predicted octanol–water partition coefficient (Wildman–Crippen LogP) is 2.47. The second kappa shape index (κ2) is 8.46. The van der Waals surface area contributed by atoms with Gasteiger partial charge in [0.2, 0.25) is 0 Å².